The van der Waals surface area contributed by atoms with Gasteiger partial charge in [-0.1, -0.05) is 0 Å². The third-order valence-electron chi connectivity index (χ3n) is 3.04. The van der Waals surface area contributed by atoms with Crippen LogP contribution in [0.1, 0.15) is 17.4 Å². The van der Waals surface area contributed by atoms with E-state index in [0.29, 0.717) is 22.7 Å². The van der Waals surface area contributed by atoms with Crippen LogP contribution in [0.15, 0.2) is 24.5 Å². The van der Waals surface area contributed by atoms with Crippen molar-refractivity contribution in [1.29, 1.82) is 0 Å². The summed E-state index contributed by atoms with van der Waals surface area (Å²) in [5.41, 5.74) is 1.40. The molecule has 102 valence electrons. The molecule has 2 heterocycles. The van der Waals surface area contributed by atoms with Crippen molar-refractivity contribution in [1.82, 2.24) is 9.97 Å². The number of hydrogen-bond acceptors (Lipinski definition) is 4. The largest absolute Gasteiger partial charge is 0.479 e. The van der Waals surface area contributed by atoms with Crippen molar-refractivity contribution >= 4 is 17.6 Å². The summed E-state index contributed by atoms with van der Waals surface area (Å²) in [5, 5.41) is 11.8. The van der Waals surface area contributed by atoms with Gasteiger partial charge in [0.1, 0.15) is 11.4 Å². The summed E-state index contributed by atoms with van der Waals surface area (Å²) in [4.78, 5) is 29.2. The van der Waals surface area contributed by atoms with Gasteiger partial charge in [-0.05, 0) is 25.1 Å². The van der Waals surface area contributed by atoms with Crippen molar-refractivity contribution < 1.29 is 19.4 Å². The smallest absolute Gasteiger partial charge is 0.354 e. The number of rotatable bonds is 2. The highest BCUT2D eigenvalue weighted by atomic mass is 16.5. The number of benzene rings is 1. The molecule has 0 saturated carbocycles. The number of H-pyrrole nitrogens is 1. The molecule has 0 aliphatic carbocycles. The number of amides is 1. The van der Waals surface area contributed by atoms with Gasteiger partial charge in [-0.15, -0.1) is 0 Å². The molecule has 1 atom stereocenters. The summed E-state index contributed by atoms with van der Waals surface area (Å²) < 4.78 is 5.44. The van der Waals surface area contributed by atoms with Crippen LogP contribution in [0.25, 0.3) is 11.3 Å². The number of fused-ring (bicyclic) bond motifs is 1. The maximum absolute atomic E-state index is 11.6. The van der Waals surface area contributed by atoms with Gasteiger partial charge in [0.15, 0.2) is 11.8 Å². The van der Waals surface area contributed by atoms with Gasteiger partial charge in [0.05, 0.1) is 12.0 Å². The van der Waals surface area contributed by atoms with Gasteiger partial charge in [-0.2, -0.15) is 0 Å². The van der Waals surface area contributed by atoms with Crippen LogP contribution in [-0.4, -0.2) is 33.1 Å². The maximum atomic E-state index is 11.6. The minimum absolute atomic E-state index is 0.00127. The van der Waals surface area contributed by atoms with E-state index in [9.17, 15) is 9.59 Å². The Morgan fingerprint density at radius 1 is 1.45 bits per heavy atom. The highest BCUT2D eigenvalue weighted by molar-refractivity contribution is 5.99. The first kappa shape index (κ1) is 12.2. The lowest BCUT2D eigenvalue weighted by molar-refractivity contribution is -0.122. The summed E-state index contributed by atoms with van der Waals surface area (Å²) in [6.07, 6.45) is 0.767. The molecule has 1 aromatic carbocycles. The third kappa shape index (κ3) is 1.89. The number of hydrogen-bond donors (Lipinski definition) is 3. The van der Waals surface area contributed by atoms with Crippen LogP contribution in [-0.2, 0) is 4.79 Å². The molecule has 1 unspecified atom stereocenters. The summed E-state index contributed by atoms with van der Waals surface area (Å²) in [5.74, 6) is -0.785. The molecule has 3 rings (SSSR count). The summed E-state index contributed by atoms with van der Waals surface area (Å²) in [7, 11) is 0. The zero-order chi connectivity index (χ0) is 14.3. The van der Waals surface area contributed by atoms with Gasteiger partial charge in [0.2, 0.25) is 0 Å². The molecule has 1 aliphatic rings. The number of ether oxygens (including phenoxy) is 1. The number of nitrogens with one attached hydrogen (secondary N) is 2. The first-order valence-corrected chi connectivity index (χ1v) is 5.95. The molecule has 7 heteroatoms. The van der Waals surface area contributed by atoms with E-state index >= 15 is 0 Å². The fourth-order valence-corrected chi connectivity index (χ4v) is 2.03. The van der Waals surface area contributed by atoms with Crippen molar-refractivity contribution in [3.05, 3.63) is 30.2 Å². The van der Waals surface area contributed by atoms with Gasteiger partial charge in [0.25, 0.3) is 5.91 Å². The van der Waals surface area contributed by atoms with Gasteiger partial charge >= 0.3 is 5.97 Å². The molecular formula is C13H11N3O4. The summed E-state index contributed by atoms with van der Waals surface area (Å²) >= 11 is 0. The van der Waals surface area contributed by atoms with E-state index in [4.69, 9.17) is 9.84 Å². The average Bonchev–Trinajstić information content (AvgIpc) is 2.89. The Balaban J connectivity index is 2.05. The lowest BCUT2D eigenvalue weighted by Crippen LogP contribution is -2.34. The van der Waals surface area contributed by atoms with Crippen LogP contribution in [0.2, 0.25) is 0 Å². The Hall–Kier alpha value is -2.83. The van der Waals surface area contributed by atoms with Crippen molar-refractivity contribution in [3.63, 3.8) is 0 Å². The molecule has 0 fully saturated rings. The monoisotopic (exact) mass is 273 g/mol. The van der Waals surface area contributed by atoms with E-state index < -0.39 is 12.1 Å². The average molecular weight is 273 g/mol. The first-order chi connectivity index (χ1) is 9.56. The lowest BCUT2D eigenvalue weighted by Gasteiger charge is -2.23. The second-order valence-corrected chi connectivity index (χ2v) is 4.39. The van der Waals surface area contributed by atoms with Crippen molar-refractivity contribution in [2.24, 2.45) is 0 Å². The molecular weight excluding hydrogens is 262 g/mol. The number of carboxylic acid groups (broad SMARTS) is 1. The van der Waals surface area contributed by atoms with Crippen molar-refractivity contribution in [3.8, 4) is 17.0 Å². The van der Waals surface area contributed by atoms with Crippen LogP contribution >= 0.6 is 0 Å². The summed E-state index contributed by atoms with van der Waals surface area (Å²) in [6, 6.07) is 5.02. The fraction of sp³-hybridized carbons (Fsp3) is 0.154. The number of carboxylic acids is 1. The highest BCUT2D eigenvalue weighted by Gasteiger charge is 2.24. The SMILES string of the molecule is CC1Oc2ccc(-c3nc[nH]c3C(=O)O)cc2NC1=O. The molecule has 3 N–H and O–H groups in total. The number of carbonyl (C=O) groups excluding carboxylic acids is 1. The number of aromatic amines is 1. The standard InChI is InChI=1S/C13H11N3O4/c1-6-12(17)16-8-4-7(2-3-9(8)20-6)10-11(13(18)19)15-5-14-10/h2-6H,1H3,(H,14,15)(H,16,17)(H,18,19). The second-order valence-electron chi connectivity index (χ2n) is 4.39. The Kier molecular flexibility index (Phi) is 2.67. The molecule has 1 aromatic heterocycles. The second kappa shape index (κ2) is 4.37. The van der Waals surface area contributed by atoms with Gasteiger partial charge < -0.3 is 20.1 Å². The Morgan fingerprint density at radius 2 is 2.25 bits per heavy atom. The van der Waals surface area contributed by atoms with Crippen LogP contribution in [0.3, 0.4) is 0 Å². The van der Waals surface area contributed by atoms with Gasteiger partial charge in [-0.3, -0.25) is 4.79 Å². The predicted octanol–water partition coefficient (Wildman–Crippen LogP) is 1.49. The zero-order valence-electron chi connectivity index (χ0n) is 10.5. The molecule has 1 aliphatic heterocycles. The van der Waals surface area contributed by atoms with E-state index in [1.807, 2.05) is 0 Å². The molecule has 7 nitrogen and oxygen atoms in total. The topological polar surface area (TPSA) is 104 Å². The molecule has 0 radical (unpaired) electrons. The zero-order valence-corrected chi connectivity index (χ0v) is 10.5. The van der Waals surface area contributed by atoms with Gasteiger partial charge in [0, 0.05) is 5.56 Å². The fourth-order valence-electron chi connectivity index (χ4n) is 2.03. The minimum atomic E-state index is -1.09. The van der Waals surface area contributed by atoms with Crippen LogP contribution in [0, 0.1) is 0 Å². The summed E-state index contributed by atoms with van der Waals surface area (Å²) in [6.45, 7) is 1.66. The van der Waals surface area contributed by atoms with Gasteiger partial charge in [-0.25, -0.2) is 9.78 Å². The number of aromatic carboxylic acids is 1. The van der Waals surface area contributed by atoms with Crippen molar-refractivity contribution in [2.45, 2.75) is 13.0 Å². The van der Waals surface area contributed by atoms with Crippen LogP contribution in [0.5, 0.6) is 5.75 Å². The van der Waals surface area contributed by atoms with E-state index in [-0.39, 0.29) is 11.6 Å². The van der Waals surface area contributed by atoms with E-state index in [1.165, 1.54) is 6.33 Å². The number of imidazole rings is 1. The third-order valence-corrected chi connectivity index (χ3v) is 3.04. The van der Waals surface area contributed by atoms with Crippen molar-refractivity contribution in [2.75, 3.05) is 5.32 Å². The normalized spacial score (nSPS) is 17.1. The number of nitrogens with zero attached hydrogens (tertiary/aromatic N) is 1. The molecule has 0 spiro atoms. The van der Waals surface area contributed by atoms with Crippen LogP contribution < -0.4 is 10.1 Å². The first-order valence-electron chi connectivity index (χ1n) is 5.95. The predicted molar refractivity (Wildman–Crippen MR) is 69.7 cm³/mol. The van der Waals surface area contributed by atoms with E-state index in [2.05, 4.69) is 15.3 Å². The number of anilines is 1. The lowest BCUT2D eigenvalue weighted by atomic mass is 10.1. The molecule has 20 heavy (non-hydrogen) atoms. The quantitative estimate of drug-likeness (QED) is 0.769. The Morgan fingerprint density at radius 3 is 3.00 bits per heavy atom. The molecule has 0 saturated heterocycles. The number of carbonyl (C=O) groups is 2. The van der Waals surface area contributed by atoms with E-state index in [0.717, 1.165) is 0 Å². The Bertz CT molecular complexity index is 707. The Labute approximate surface area is 113 Å². The molecule has 1 amide bonds. The maximum Gasteiger partial charge on any atom is 0.354 e. The molecule has 0 bridgehead atoms. The van der Waals surface area contributed by atoms with E-state index in [1.54, 1.807) is 25.1 Å². The minimum Gasteiger partial charge on any atom is -0.479 e. The van der Waals surface area contributed by atoms with Crippen LogP contribution in [0.4, 0.5) is 5.69 Å². The number of aromatic nitrogens is 2. The molecule has 2 aromatic rings. The highest BCUT2D eigenvalue weighted by Crippen LogP contribution is 2.34.